The average molecular weight is 269 g/mol. The third-order valence-corrected chi connectivity index (χ3v) is 1.75. The van der Waals surface area contributed by atoms with E-state index in [2.05, 4.69) is 10.3 Å². The molecular weight excluding hydrogens is 266 g/mol. The van der Waals surface area contributed by atoms with Gasteiger partial charge in [-0.1, -0.05) is 5.21 Å². The molecule has 0 unspecified atom stereocenters. The zero-order chi connectivity index (χ0) is 13.6. The molecule has 0 N–H and O–H groups in total. The van der Waals surface area contributed by atoms with Crippen LogP contribution in [0, 0.1) is 0 Å². The lowest BCUT2D eigenvalue weighted by atomic mass is 10.2. The molecule has 0 spiro atoms. The highest BCUT2D eigenvalue weighted by Gasteiger charge is 2.64. The fraction of sp³-hybridized carbons (Fsp3) is 0.667. The van der Waals surface area contributed by atoms with Crippen molar-refractivity contribution in [2.75, 3.05) is 0 Å². The van der Waals surface area contributed by atoms with E-state index in [4.69, 9.17) is 0 Å². The number of aromatic nitrogens is 3. The molecule has 0 saturated heterocycles. The highest BCUT2D eigenvalue weighted by Crippen LogP contribution is 2.46. The van der Waals surface area contributed by atoms with Crippen molar-refractivity contribution in [2.45, 2.75) is 18.3 Å². The van der Waals surface area contributed by atoms with Crippen molar-refractivity contribution in [1.82, 2.24) is 15.0 Å². The van der Waals surface area contributed by atoms with E-state index in [0.29, 0.717) is 7.05 Å². The van der Waals surface area contributed by atoms with Crippen LogP contribution in [0.15, 0.2) is 0 Å². The molecule has 98 valence electrons. The number of alkyl halides is 8. The van der Waals surface area contributed by atoms with Gasteiger partial charge in [-0.05, 0) is 0 Å². The van der Waals surface area contributed by atoms with E-state index in [1.807, 2.05) is 0 Å². The lowest BCUT2D eigenvalue weighted by Crippen LogP contribution is -2.36. The highest BCUT2D eigenvalue weighted by molar-refractivity contribution is 5.20. The van der Waals surface area contributed by atoms with Crippen molar-refractivity contribution in [1.29, 1.82) is 0 Å². The monoisotopic (exact) mass is 269 g/mol. The topological polar surface area (TPSA) is 30.7 Å². The van der Waals surface area contributed by atoms with Crippen molar-refractivity contribution < 1.29 is 35.1 Å². The SMILES string of the molecule is Cn1nnc(C(F)(F)C(F)(F)F)c1C(F)(F)F. The fourth-order valence-corrected chi connectivity index (χ4v) is 1.02. The van der Waals surface area contributed by atoms with Crippen molar-refractivity contribution in [2.24, 2.45) is 7.05 Å². The van der Waals surface area contributed by atoms with Crippen LogP contribution < -0.4 is 0 Å². The standard InChI is InChI=1S/C6H3F8N3/c1-17-3(5(9,10)11)2(15-16-17)4(7,8)6(12,13)14/h1H3. The summed E-state index contributed by atoms with van der Waals surface area (Å²) in [4.78, 5) is 0. The van der Waals surface area contributed by atoms with E-state index in [-0.39, 0.29) is 4.68 Å². The fourth-order valence-electron chi connectivity index (χ4n) is 1.02. The van der Waals surface area contributed by atoms with Gasteiger partial charge in [0, 0.05) is 7.05 Å². The maximum atomic E-state index is 12.7. The molecule has 1 rings (SSSR count). The van der Waals surface area contributed by atoms with E-state index in [0.717, 1.165) is 0 Å². The first-order chi connectivity index (χ1) is 7.39. The summed E-state index contributed by atoms with van der Waals surface area (Å²) in [5.74, 6) is -5.72. The average Bonchev–Trinajstić information content (AvgIpc) is 2.44. The Kier molecular flexibility index (Phi) is 2.84. The van der Waals surface area contributed by atoms with Crippen molar-refractivity contribution in [3.05, 3.63) is 11.4 Å². The molecule has 1 aromatic rings. The molecule has 0 amide bonds. The van der Waals surface area contributed by atoms with Gasteiger partial charge in [-0.15, -0.1) is 5.10 Å². The van der Waals surface area contributed by atoms with Gasteiger partial charge in [0.2, 0.25) is 0 Å². The van der Waals surface area contributed by atoms with Crippen LogP contribution in [-0.4, -0.2) is 21.2 Å². The molecule has 0 aliphatic rings. The Labute approximate surface area is 88.0 Å². The molecule has 11 heteroatoms. The Morgan fingerprint density at radius 1 is 0.941 bits per heavy atom. The van der Waals surface area contributed by atoms with E-state index >= 15 is 0 Å². The Bertz CT molecular complexity index is 414. The molecule has 0 atom stereocenters. The first-order valence-corrected chi connectivity index (χ1v) is 3.81. The minimum absolute atomic E-state index is 0.186. The molecule has 0 aliphatic heterocycles. The van der Waals surface area contributed by atoms with E-state index < -0.39 is 29.7 Å². The van der Waals surface area contributed by atoms with Crippen molar-refractivity contribution in [3.63, 3.8) is 0 Å². The maximum Gasteiger partial charge on any atom is 0.459 e. The summed E-state index contributed by atoms with van der Waals surface area (Å²) in [6.45, 7) is 0. The lowest BCUT2D eigenvalue weighted by Gasteiger charge is -2.19. The van der Waals surface area contributed by atoms with Gasteiger partial charge in [-0.2, -0.15) is 35.1 Å². The molecule has 0 aliphatic carbocycles. The summed E-state index contributed by atoms with van der Waals surface area (Å²) in [6.07, 6.45) is -11.6. The van der Waals surface area contributed by atoms with Gasteiger partial charge in [0.25, 0.3) is 0 Å². The summed E-state index contributed by atoms with van der Waals surface area (Å²) in [7, 11) is 0.561. The Balaban J connectivity index is 3.45. The van der Waals surface area contributed by atoms with E-state index in [1.54, 1.807) is 0 Å². The Morgan fingerprint density at radius 3 is 1.76 bits per heavy atom. The predicted molar refractivity (Wildman–Crippen MR) is 36.0 cm³/mol. The second-order valence-corrected chi connectivity index (χ2v) is 2.98. The zero-order valence-electron chi connectivity index (χ0n) is 7.87. The molecule has 1 heterocycles. The molecule has 17 heavy (non-hydrogen) atoms. The van der Waals surface area contributed by atoms with Crippen LogP contribution in [0.25, 0.3) is 0 Å². The number of halogens is 8. The van der Waals surface area contributed by atoms with Crippen LogP contribution in [0.5, 0.6) is 0 Å². The van der Waals surface area contributed by atoms with Crippen LogP contribution >= 0.6 is 0 Å². The second kappa shape index (κ2) is 3.53. The summed E-state index contributed by atoms with van der Waals surface area (Å²) in [5, 5.41) is 4.77. The first kappa shape index (κ1) is 13.6. The predicted octanol–water partition coefficient (Wildman–Crippen LogP) is 2.49. The van der Waals surface area contributed by atoms with Gasteiger partial charge in [-0.3, -0.25) is 0 Å². The zero-order valence-corrected chi connectivity index (χ0v) is 7.87. The normalized spacial score (nSPS) is 14.2. The van der Waals surface area contributed by atoms with Crippen LogP contribution in [0.3, 0.4) is 0 Å². The summed E-state index contributed by atoms with van der Waals surface area (Å²) in [5.41, 5.74) is -4.69. The lowest BCUT2D eigenvalue weighted by molar-refractivity contribution is -0.292. The molecule has 1 aromatic heterocycles. The maximum absolute atomic E-state index is 12.7. The van der Waals surface area contributed by atoms with Crippen LogP contribution in [-0.2, 0) is 19.1 Å². The number of hydrogen-bond acceptors (Lipinski definition) is 2. The number of hydrogen-bond donors (Lipinski definition) is 0. The number of rotatable bonds is 1. The number of aryl methyl sites for hydroxylation is 1. The van der Waals surface area contributed by atoms with Crippen LogP contribution in [0.2, 0.25) is 0 Å². The molecule has 0 bridgehead atoms. The van der Waals surface area contributed by atoms with Gasteiger partial charge in [0.05, 0.1) is 0 Å². The van der Waals surface area contributed by atoms with Gasteiger partial charge >= 0.3 is 18.3 Å². The Hall–Kier alpha value is -1.42. The molecule has 0 radical (unpaired) electrons. The molecule has 0 fully saturated rings. The number of nitrogens with zero attached hydrogens (tertiary/aromatic N) is 3. The third kappa shape index (κ3) is 2.17. The summed E-state index contributed by atoms with van der Waals surface area (Å²) >= 11 is 0. The summed E-state index contributed by atoms with van der Waals surface area (Å²) < 4.78 is 97.8. The van der Waals surface area contributed by atoms with E-state index in [1.165, 1.54) is 0 Å². The quantitative estimate of drug-likeness (QED) is 0.733. The second-order valence-electron chi connectivity index (χ2n) is 2.98. The summed E-state index contributed by atoms with van der Waals surface area (Å²) in [6, 6.07) is 0. The van der Waals surface area contributed by atoms with Crippen LogP contribution in [0.4, 0.5) is 35.1 Å². The largest absolute Gasteiger partial charge is 0.459 e. The first-order valence-electron chi connectivity index (χ1n) is 3.81. The molecule has 0 aromatic carbocycles. The Morgan fingerprint density at radius 2 is 1.41 bits per heavy atom. The highest BCUT2D eigenvalue weighted by atomic mass is 19.4. The van der Waals surface area contributed by atoms with Gasteiger partial charge < -0.3 is 0 Å². The van der Waals surface area contributed by atoms with Crippen molar-refractivity contribution in [3.8, 4) is 0 Å². The van der Waals surface area contributed by atoms with Gasteiger partial charge in [-0.25, -0.2) is 4.68 Å². The minimum atomic E-state index is -6.18. The van der Waals surface area contributed by atoms with Crippen molar-refractivity contribution >= 4 is 0 Å². The van der Waals surface area contributed by atoms with Crippen LogP contribution in [0.1, 0.15) is 11.4 Å². The van der Waals surface area contributed by atoms with E-state index in [9.17, 15) is 35.1 Å². The smallest absolute Gasteiger partial charge is 0.243 e. The van der Waals surface area contributed by atoms with Gasteiger partial charge in [0.1, 0.15) is 0 Å². The molecule has 3 nitrogen and oxygen atoms in total. The molecule has 0 saturated carbocycles. The molecular formula is C6H3F8N3. The third-order valence-electron chi connectivity index (χ3n) is 1.75. The van der Waals surface area contributed by atoms with Gasteiger partial charge in [0.15, 0.2) is 11.4 Å². The minimum Gasteiger partial charge on any atom is -0.243 e.